The zero-order valence-corrected chi connectivity index (χ0v) is 4.48. The first-order valence-corrected chi connectivity index (χ1v) is 2.28. The molecule has 1 atom stereocenters. The quantitative estimate of drug-likeness (QED) is 0.524. The second kappa shape index (κ2) is 4.06. The molecule has 0 aliphatic heterocycles. The molecule has 0 bridgehead atoms. The molecule has 0 heterocycles. The topological polar surface area (TPSA) is 9.23 Å². The molecule has 2 heteroatoms. The van der Waals surface area contributed by atoms with E-state index in [1.54, 1.807) is 6.92 Å². The molecule has 0 aliphatic carbocycles. The molecular weight excluding hydrogens is 95.1 g/mol. The molecule has 43 valence electrons. The number of alkyl halides is 1. The molecule has 0 aliphatic rings. The highest BCUT2D eigenvalue weighted by molar-refractivity contribution is 4.47. The van der Waals surface area contributed by atoms with Crippen molar-refractivity contribution in [2.24, 2.45) is 0 Å². The van der Waals surface area contributed by atoms with E-state index in [9.17, 15) is 4.39 Å². The fourth-order valence-electron chi connectivity index (χ4n) is 0.246. The van der Waals surface area contributed by atoms with Crippen molar-refractivity contribution in [3.63, 3.8) is 0 Å². The zero-order chi connectivity index (χ0) is 5.70. The van der Waals surface area contributed by atoms with Crippen LogP contribution in [-0.2, 0) is 4.74 Å². The van der Waals surface area contributed by atoms with Gasteiger partial charge in [-0.05, 0) is 13.8 Å². The van der Waals surface area contributed by atoms with Crippen molar-refractivity contribution >= 4 is 0 Å². The Balaban J connectivity index is 2.68. The van der Waals surface area contributed by atoms with Crippen LogP contribution in [0.4, 0.5) is 4.39 Å². The van der Waals surface area contributed by atoms with Crippen LogP contribution in [0.1, 0.15) is 6.92 Å². The Labute approximate surface area is 43.5 Å². The molecule has 0 amide bonds. The second-order valence-corrected chi connectivity index (χ2v) is 1.37. The van der Waals surface area contributed by atoms with Crippen LogP contribution in [-0.4, -0.2) is 19.4 Å². The van der Waals surface area contributed by atoms with Gasteiger partial charge in [0, 0.05) is 0 Å². The molecule has 0 N–H and O–H groups in total. The lowest BCUT2D eigenvalue weighted by atomic mass is 10.5. The molecule has 1 nitrogen and oxygen atoms in total. The third-order valence-electron chi connectivity index (χ3n) is 0.480. The lowest BCUT2D eigenvalue weighted by Crippen LogP contribution is -2.04. The minimum Gasteiger partial charge on any atom is -0.376 e. The van der Waals surface area contributed by atoms with Gasteiger partial charge in [-0.15, -0.1) is 0 Å². The van der Waals surface area contributed by atoms with Crippen molar-refractivity contribution in [2.75, 3.05) is 13.3 Å². The highest BCUT2D eigenvalue weighted by atomic mass is 19.1. The van der Waals surface area contributed by atoms with Gasteiger partial charge in [0.25, 0.3) is 0 Å². The number of hydrogen-bond donors (Lipinski definition) is 0. The fraction of sp³-hybridized carbons (Fsp3) is 0.800. The van der Waals surface area contributed by atoms with Gasteiger partial charge in [-0.3, -0.25) is 0 Å². The molecule has 0 saturated carbocycles. The monoisotopic (exact) mass is 105 g/mol. The van der Waals surface area contributed by atoms with E-state index in [2.05, 4.69) is 6.92 Å². The van der Waals surface area contributed by atoms with Gasteiger partial charge in [-0.25, -0.2) is 4.39 Å². The molecule has 0 aromatic heterocycles. The zero-order valence-electron chi connectivity index (χ0n) is 4.48. The van der Waals surface area contributed by atoms with Gasteiger partial charge < -0.3 is 4.74 Å². The lowest BCUT2D eigenvalue weighted by molar-refractivity contribution is 0.0837. The summed E-state index contributed by atoms with van der Waals surface area (Å²) in [4.78, 5) is 0. The van der Waals surface area contributed by atoms with Crippen LogP contribution >= 0.6 is 0 Å². The van der Waals surface area contributed by atoms with E-state index < -0.39 is 6.67 Å². The van der Waals surface area contributed by atoms with Crippen LogP contribution in [0.15, 0.2) is 0 Å². The van der Waals surface area contributed by atoms with Crippen LogP contribution in [0, 0.1) is 6.92 Å². The summed E-state index contributed by atoms with van der Waals surface area (Å²) in [5.41, 5.74) is 0. The van der Waals surface area contributed by atoms with E-state index in [1.165, 1.54) is 0 Å². The van der Waals surface area contributed by atoms with Crippen LogP contribution in [0.25, 0.3) is 0 Å². The lowest BCUT2D eigenvalue weighted by Gasteiger charge is -2.01. The van der Waals surface area contributed by atoms with Crippen LogP contribution < -0.4 is 0 Å². The third-order valence-corrected chi connectivity index (χ3v) is 0.480. The van der Waals surface area contributed by atoms with Crippen molar-refractivity contribution in [1.29, 1.82) is 0 Å². The number of rotatable bonds is 3. The van der Waals surface area contributed by atoms with Crippen LogP contribution in [0.3, 0.4) is 0 Å². The Morgan fingerprint density at radius 2 is 2.43 bits per heavy atom. The SMILES string of the molecule is [CH2]C(C)OCCF. The largest absolute Gasteiger partial charge is 0.376 e. The maximum Gasteiger partial charge on any atom is 0.113 e. The van der Waals surface area contributed by atoms with Gasteiger partial charge in [0.15, 0.2) is 0 Å². The highest BCUT2D eigenvalue weighted by Gasteiger charge is 1.88. The van der Waals surface area contributed by atoms with Crippen molar-refractivity contribution in [3.8, 4) is 0 Å². The molecule has 0 aromatic rings. The molecule has 7 heavy (non-hydrogen) atoms. The first-order chi connectivity index (χ1) is 3.27. The van der Waals surface area contributed by atoms with E-state index in [4.69, 9.17) is 4.74 Å². The van der Waals surface area contributed by atoms with Crippen molar-refractivity contribution in [1.82, 2.24) is 0 Å². The first kappa shape index (κ1) is 6.89. The minimum absolute atomic E-state index is 0.0873. The Morgan fingerprint density at radius 3 is 2.57 bits per heavy atom. The van der Waals surface area contributed by atoms with Gasteiger partial charge in [-0.2, -0.15) is 0 Å². The van der Waals surface area contributed by atoms with Gasteiger partial charge in [-0.1, -0.05) is 0 Å². The minimum atomic E-state index is -0.417. The molecule has 1 unspecified atom stereocenters. The molecule has 0 aromatic carbocycles. The van der Waals surface area contributed by atoms with Gasteiger partial charge in [0.05, 0.1) is 12.7 Å². The van der Waals surface area contributed by atoms with Crippen molar-refractivity contribution < 1.29 is 9.13 Å². The van der Waals surface area contributed by atoms with Crippen LogP contribution in [0.2, 0.25) is 0 Å². The highest BCUT2D eigenvalue weighted by Crippen LogP contribution is 1.84. The fourth-order valence-corrected chi connectivity index (χ4v) is 0.246. The average molecular weight is 105 g/mol. The Morgan fingerprint density at radius 1 is 1.86 bits per heavy atom. The van der Waals surface area contributed by atoms with Crippen LogP contribution in [0.5, 0.6) is 0 Å². The number of halogens is 1. The summed E-state index contributed by atoms with van der Waals surface area (Å²) in [6, 6.07) is 0. The summed E-state index contributed by atoms with van der Waals surface area (Å²) in [5.74, 6) is 0. The normalized spacial score (nSPS) is 10.3. The summed E-state index contributed by atoms with van der Waals surface area (Å²) >= 11 is 0. The summed E-state index contributed by atoms with van der Waals surface area (Å²) in [7, 11) is 0. The average Bonchev–Trinajstić information content (AvgIpc) is 1.61. The van der Waals surface area contributed by atoms with Crippen molar-refractivity contribution in [2.45, 2.75) is 13.0 Å². The van der Waals surface area contributed by atoms with E-state index in [0.29, 0.717) is 0 Å². The molecule has 1 radical (unpaired) electrons. The predicted molar refractivity (Wildman–Crippen MR) is 26.7 cm³/mol. The standard InChI is InChI=1S/C5H10FO/c1-5(2)7-4-3-6/h5H,1,3-4H2,2H3. The van der Waals surface area contributed by atoms with E-state index in [-0.39, 0.29) is 12.7 Å². The smallest absolute Gasteiger partial charge is 0.113 e. The predicted octanol–water partition coefficient (Wildman–Crippen LogP) is 1.20. The summed E-state index contributed by atoms with van der Waals surface area (Å²) in [6.07, 6.45) is -0.0873. The second-order valence-electron chi connectivity index (χ2n) is 1.37. The maximum atomic E-state index is 11.2. The Hall–Kier alpha value is -0.110. The third kappa shape index (κ3) is 5.89. The molecular formula is C5H10FO. The molecule has 0 fully saturated rings. The first-order valence-electron chi connectivity index (χ1n) is 2.28. The molecule has 0 spiro atoms. The maximum absolute atomic E-state index is 11.2. The summed E-state index contributed by atoms with van der Waals surface area (Å²) in [5, 5.41) is 0. The molecule has 0 saturated heterocycles. The van der Waals surface area contributed by atoms with E-state index >= 15 is 0 Å². The summed E-state index contributed by atoms with van der Waals surface area (Å²) < 4.78 is 15.9. The van der Waals surface area contributed by atoms with Crippen molar-refractivity contribution in [3.05, 3.63) is 6.92 Å². The van der Waals surface area contributed by atoms with Gasteiger partial charge in [0.2, 0.25) is 0 Å². The Kier molecular flexibility index (Phi) is 4.00. The van der Waals surface area contributed by atoms with Gasteiger partial charge >= 0.3 is 0 Å². The Bertz CT molecular complexity index is 37.1. The summed E-state index contributed by atoms with van der Waals surface area (Å²) in [6.45, 7) is 5.02. The molecule has 0 rings (SSSR count). The van der Waals surface area contributed by atoms with E-state index in [1.807, 2.05) is 0 Å². The number of ether oxygens (including phenoxy) is 1. The number of hydrogen-bond acceptors (Lipinski definition) is 1. The van der Waals surface area contributed by atoms with E-state index in [0.717, 1.165) is 0 Å². The van der Waals surface area contributed by atoms with Gasteiger partial charge in [0.1, 0.15) is 6.67 Å².